The molecule has 1 atom stereocenters. The molecule has 1 aromatic carbocycles. The predicted molar refractivity (Wildman–Crippen MR) is 76.7 cm³/mol. The topological polar surface area (TPSA) is 33.7 Å². The minimum Gasteiger partial charge on any atom is -0.490 e. The summed E-state index contributed by atoms with van der Waals surface area (Å²) in [5, 5.41) is 3.18. The van der Waals surface area contributed by atoms with Crippen molar-refractivity contribution in [2.45, 2.75) is 19.6 Å². The van der Waals surface area contributed by atoms with Crippen molar-refractivity contribution in [1.82, 2.24) is 10.2 Å². The number of ether oxygens (including phenoxy) is 2. The molecule has 19 heavy (non-hydrogen) atoms. The second-order valence-corrected chi connectivity index (χ2v) is 5.21. The molecule has 4 heteroatoms. The van der Waals surface area contributed by atoms with Gasteiger partial charge in [-0.1, -0.05) is 17.7 Å². The van der Waals surface area contributed by atoms with Crippen LogP contribution < -0.4 is 10.1 Å². The number of benzene rings is 1. The molecule has 1 aromatic rings. The first-order valence-corrected chi connectivity index (χ1v) is 6.86. The first kappa shape index (κ1) is 14.3. The molecule has 1 heterocycles. The quantitative estimate of drug-likeness (QED) is 0.872. The van der Waals surface area contributed by atoms with E-state index >= 15 is 0 Å². The number of hydrogen-bond donors (Lipinski definition) is 1. The van der Waals surface area contributed by atoms with Gasteiger partial charge in [-0.3, -0.25) is 0 Å². The molecule has 0 radical (unpaired) electrons. The van der Waals surface area contributed by atoms with Gasteiger partial charge >= 0.3 is 0 Å². The fourth-order valence-electron chi connectivity index (χ4n) is 2.33. The maximum atomic E-state index is 5.94. The third kappa shape index (κ3) is 4.20. The second kappa shape index (κ2) is 6.89. The summed E-state index contributed by atoms with van der Waals surface area (Å²) in [7, 11) is 4.07. The van der Waals surface area contributed by atoms with Crippen molar-refractivity contribution in [3.05, 3.63) is 29.3 Å². The van der Waals surface area contributed by atoms with Gasteiger partial charge in [0.05, 0.1) is 6.61 Å². The lowest BCUT2D eigenvalue weighted by Gasteiger charge is -2.30. The third-order valence-corrected chi connectivity index (χ3v) is 3.35. The van der Waals surface area contributed by atoms with Gasteiger partial charge in [-0.2, -0.15) is 0 Å². The van der Waals surface area contributed by atoms with E-state index in [0.29, 0.717) is 6.61 Å². The van der Waals surface area contributed by atoms with Crippen molar-refractivity contribution in [3.8, 4) is 5.75 Å². The van der Waals surface area contributed by atoms with Crippen LogP contribution in [0.15, 0.2) is 18.2 Å². The minimum absolute atomic E-state index is 0.169. The van der Waals surface area contributed by atoms with E-state index in [9.17, 15) is 0 Å². The number of aryl methyl sites for hydroxylation is 1. The molecule has 1 aliphatic rings. The molecule has 0 aromatic heterocycles. The molecule has 1 N–H and O–H groups in total. The SMILES string of the molecule is CNCc1cc(C)ccc1OCC1CN(C)CCO1. The number of hydrogen-bond acceptors (Lipinski definition) is 4. The molecular weight excluding hydrogens is 240 g/mol. The van der Waals surface area contributed by atoms with Gasteiger partial charge in [0.25, 0.3) is 0 Å². The summed E-state index contributed by atoms with van der Waals surface area (Å²) in [6.45, 7) is 6.27. The molecule has 1 unspecified atom stereocenters. The van der Waals surface area contributed by atoms with Crippen molar-refractivity contribution in [3.63, 3.8) is 0 Å². The second-order valence-electron chi connectivity index (χ2n) is 5.21. The highest BCUT2D eigenvalue weighted by atomic mass is 16.5. The van der Waals surface area contributed by atoms with E-state index in [1.54, 1.807) is 0 Å². The zero-order chi connectivity index (χ0) is 13.7. The van der Waals surface area contributed by atoms with Gasteiger partial charge in [0.2, 0.25) is 0 Å². The Morgan fingerprint density at radius 3 is 3.05 bits per heavy atom. The Bertz CT molecular complexity index is 409. The van der Waals surface area contributed by atoms with Crippen LogP contribution >= 0.6 is 0 Å². The van der Waals surface area contributed by atoms with E-state index < -0.39 is 0 Å². The van der Waals surface area contributed by atoms with Crippen LogP contribution in [-0.4, -0.2) is 51.4 Å². The largest absolute Gasteiger partial charge is 0.490 e. The van der Waals surface area contributed by atoms with E-state index in [1.165, 1.54) is 11.1 Å². The van der Waals surface area contributed by atoms with E-state index in [-0.39, 0.29) is 6.10 Å². The van der Waals surface area contributed by atoms with Gasteiger partial charge in [-0.15, -0.1) is 0 Å². The summed E-state index contributed by atoms with van der Waals surface area (Å²) < 4.78 is 11.7. The number of nitrogens with zero attached hydrogens (tertiary/aromatic N) is 1. The summed E-state index contributed by atoms with van der Waals surface area (Å²) in [5.74, 6) is 0.955. The first-order valence-electron chi connectivity index (χ1n) is 6.86. The van der Waals surface area contributed by atoms with Gasteiger partial charge < -0.3 is 19.7 Å². The molecule has 1 fully saturated rings. The molecule has 0 saturated carbocycles. The van der Waals surface area contributed by atoms with Crippen molar-refractivity contribution >= 4 is 0 Å². The van der Waals surface area contributed by atoms with Crippen LogP contribution in [0.1, 0.15) is 11.1 Å². The first-order chi connectivity index (χ1) is 9.19. The molecule has 2 rings (SSSR count). The van der Waals surface area contributed by atoms with Crippen LogP contribution in [0.25, 0.3) is 0 Å². The fraction of sp³-hybridized carbons (Fsp3) is 0.600. The maximum absolute atomic E-state index is 5.94. The zero-order valence-electron chi connectivity index (χ0n) is 12.1. The Morgan fingerprint density at radius 2 is 2.32 bits per heavy atom. The highest BCUT2D eigenvalue weighted by Crippen LogP contribution is 2.20. The number of morpholine rings is 1. The number of nitrogens with one attached hydrogen (secondary N) is 1. The van der Waals surface area contributed by atoms with Crippen LogP contribution in [0.3, 0.4) is 0 Å². The average molecular weight is 264 g/mol. The lowest BCUT2D eigenvalue weighted by atomic mass is 10.1. The molecule has 0 amide bonds. The lowest BCUT2D eigenvalue weighted by molar-refractivity contribution is -0.0404. The zero-order valence-corrected chi connectivity index (χ0v) is 12.1. The van der Waals surface area contributed by atoms with Gasteiger partial charge in [-0.25, -0.2) is 0 Å². The molecule has 0 bridgehead atoms. The fourth-order valence-corrected chi connectivity index (χ4v) is 2.33. The predicted octanol–water partition coefficient (Wildman–Crippen LogP) is 1.42. The van der Waals surface area contributed by atoms with E-state index in [1.807, 2.05) is 7.05 Å². The Balaban J connectivity index is 1.94. The summed E-state index contributed by atoms with van der Waals surface area (Å²) in [5.41, 5.74) is 2.46. The monoisotopic (exact) mass is 264 g/mol. The maximum Gasteiger partial charge on any atom is 0.123 e. The van der Waals surface area contributed by atoms with Gasteiger partial charge in [0.1, 0.15) is 18.5 Å². The Kier molecular flexibility index (Phi) is 5.19. The standard InChI is InChI=1S/C15H24N2O2/c1-12-4-5-15(13(8-12)9-16-2)19-11-14-10-17(3)6-7-18-14/h4-5,8,14,16H,6-7,9-11H2,1-3H3. The van der Waals surface area contributed by atoms with Crippen LogP contribution in [0, 0.1) is 6.92 Å². The number of likely N-dealkylation sites (N-methyl/N-ethyl adjacent to an activating group) is 1. The Hall–Kier alpha value is -1.10. The Morgan fingerprint density at radius 1 is 1.47 bits per heavy atom. The summed E-state index contributed by atoms with van der Waals surface area (Å²) in [6, 6.07) is 6.30. The average Bonchev–Trinajstić information content (AvgIpc) is 2.38. The van der Waals surface area contributed by atoms with Gasteiger partial charge in [-0.05, 0) is 27.1 Å². The Labute approximate surface area is 115 Å². The lowest BCUT2D eigenvalue weighted by Crippen LogP contribution is -2.42. The number of rotatable bonds is 5. The van der Waals surface area contributed by atoms with Crippen LogP contribution in [0.2, 0.25) is 0 Å². The van der Waals surface area contributed by atoms with E-state index in [4.69, 9.17) is 9.47 Å². The third-order valence-electron chi connectivity index (χ3n) is 3.35. The molecule has 106 valence electrons. The van der Waals surface area contributed by atoms with Gasteiger partial charge in [0.15, 0.2) is 0 Å². The van der Waals surface area contributed by atoms with Crippen molar-refractivity contribution in [2.75, 3.05) is 40.4 Å². The minimum atomic E-state index is 0.169. The highest BCUT2D eigenvalue weighted by molar-refractivity contribution is 5.36. The molecule has 0 spiro atoms. The van der Waals surface area contributed by atoms with Gasteiger partial charge in [0, 0.05) is 25.2 Å². The van der Waals surface area contributed by atoms with Crippen LogP contribution in [0.5, 0.6) is 5.75 Å². The van der Waals surface area contributed by atoms with Crippen molar-refractivity contribution in [2.24, 2.45) is 0 Å². The smallest absolute Gasteiger partial charge is 0.123 e. The molecular formula is C15H24N2O2. The van der Waals surface area contributed by atoms with E-state index in [2.05, 4.69) is 42.4 Å². The highest BCUT2D eigenvalue weighted by Gasteiger charge is 2.18. The summed E-state index contributed by atoms with van der Waals surface area (Å²) in [4.78, 5) is 2.28. The molecule has 4 nitrogen and oxygen atoms in total. The van der Waals surface area contributed by atoms with Crippen molar-refractivity contribution in [1.29, 1.82) is 0 Å². The van der Waals surface area contributed by atoms with Crippen molar-refractivity contribution < 1.29 is 9.47 Å². The normalized spacial score (nSPS) is 20.5. The van der Waals surface area contributed by atoms with Crippen LogP contribution in [-0.2, 0) is 11.3 Å². The van der Waals surface area contributed by atoms with E-state index in [0.717, 1.165) is 32.0 Å². The summed E-state index contributed by atoms with van der Waals surface area (Å²) in [6.07, 6.45) is 0.169. The molecule has 1 saturated heterocycles. The molecule has 1 aliphatic heterocycles. The van der Waals surface area contributed by atoms with Crippen LogP contribution in [0.4, 0.5) is 0 Å². The molecule has 0 aliphatic carbocycles. The summed E-state index contributed by atoms with van der Waals surface area (Å²) >= 11 is 0.